The Morgan fingerprint density at radius 2 is 1.85 bits per heavy atom. The number of hydrogen-bond acceptors (Lipinski definition) is 3. The van der Waals surface area contributed by atoms with Gasteiger partial charge in [0.2, 0.25) is 0 Å². The molecule has 0 aliphatic heterocycles. The highest BCUT2D eigenvalue weighted by molar-refractivity contribution is 6.31. The molecule has 0 heterocycles. The summed E-state index contributed by atoms with van der Waals surface area (Å²) in [5, 5.41) is 6.29. The maximum Gasteiger partial charge on any atom is 0.265 e. The van der Waals surface area contributed by atoms with Crippen LogP contribution in [0.15, 0.2) is 42.5 Å². The minimum absolute atomic E-state index is 0.00104. The van der Waals surface area contributed by atoms with Crippen LogP contribution in [0.5, 0.6) is 5.75 Å². The van der Waals surface area contributed by atoms with E-state index >= 15 is 0 Å². The van der Waals surface area contributed by atoms with Crippen molar-refractivity contribution < 1.29 is 14.3 Å². The highest BCUT2D eigenvalue weighted by Crippen LogP contribution is 2.23. The van der Waals surface area contributed by atoms with Gasteiger partial charge in [-0.1, -0.05) is 30.7 Å². The second kappa shape index (κ2) is 9.42. The Labute approximate surface area is 165 Å². The van der Waals surface area contributed by atoms with Crippen molar-refractivity contribution in [1.29, 1.82) is 0 Å². The topological polar surface area (TPSA) is 67.4 Å². The summed E-state index contributed by atoms with van der Waals surface area (Å²) in [6.45, 7) is 7.51. The van der Waals surface area contributed by atoms with E-state index in [-0.39, 0.29) is 17.9 Å². The number of ether oxygens (including phenoxy) is 1. The fourth-order valence-electron chi connectivity index (χ4n) is 2.52. The lowest BCUT2D eigenvalue weighted by atomic mass is 10.1. The number of hydrogen-bond donors (Lipinski definition) is 2. The fraction of sp³-hybridized carbons (Fsp3) is 0.333. The van der Waals surface area contributed by atoms with Gasteiger partial charge in [0, 0.05) is 11.1 Å². The van der Waals surface area contributed by atoms with Crippen LogP contribution >= 0.6 is 11.6 Å². The van der Waals surface area contributed by atoms with Gasteiger partial charge in [-0.2, -0.15) is 0 Å². The first-order valence-electron chi connectivity index (χ1n) is 8.95. The lowest BCUT2D eigenvalue weighted by Gasteiger charge is -2.19. The van der Waals surface area contributed by atoms with E-state index in [0.717, 1.165) is 5.56 Å². The van der Waals surface area contributed by atoms with E-state index in [0.29, 0.717) is 28.4 Å². The molecule has 0 aliphatic carbocycles. The zero-order valence-electron chi connectivity index (χ0n) is 16.0. The van der Waals surface area contributed by atoms with Crippen molar-refractivity contribution in [2.24, 2.45) is 0 Å². The molecule has 0 spiro atoms. The molecule has 0 bridgehead atoms. The fourth-order valence-corrected chi connectivity index (χ4v) is 2.64. The number of aryl methyl sites for hydroxylation is 1. The van der Waals surface area contributed by atoms with Crippen molar-refractivity contribution in [2.45, 2.75) is 46.3 Å². The average Bonchev–Trinajstić information content (AvgIpc) is 2.62. The number of carbonyl (C=O) groups excluding carboxylic acids is 2. The third kappa shape index (κ3) is 5.73. The quantitative estimate of drug-likeness (QED) is 0.729. The normalized spacial score (nSPS) is 11.8. The van der Waals surface area contributed by atoms with Crippen LogP contribution in [0.2, 0.25) is 5.02 Å². The molecule has 5 nitrogen and oxygen atoms in total. The van der Waals surface area contributed by atoms with Crippen molar-refractivity contribution in [2.75, 3.05) is 5.32 Å². The largest absolute Gasteiger partial charge is 0.481 e. The Morgan fingerprint density at radius 1 is 1.15 bits per heavy atom. The van der Waals surface area contributed by atoms with Gasteiger partial charge in [-0.25, -0.2) is 0 Å². The summed E-state index contributed by atoms with van der Waals surface area (Å²) >= 11 is 6.03. The molecule has 6 heteroatoms. The van der Waals surface area contributed by atoms with E-state index in [4.69, 9.17) is 16.3 Å². The van der Waals surface area contributed by atoms with Crippen LogP contribution in [-0.2, 0) is 4.79 Å². The first-order chi connectivity index (χ1) is 12.8. The maximum atomic E-state index is 12.7. The summed E-state index contributed by atoms with van der Waals surface area (Å²) in [6, 6.07) is 12.2. The van der Waals surface area contributed by atoms with Crippen molar-refractivity contribution >= 4 is 29.1 Å². The first kappa shape index (κ1) is 20.8. The van der Waals surface area contributed by atoms with Crippen LogP contribution in [0.1, 0.15) is 43.1 Å². The molecular weight excluding hydrogens is 364 g/mol. The van der Waals surface area contributed by atoms with Crippen molar-refractivity contribution in [3.8, 4) is 5.75 Å². The predicted octanol–water partition coefficient (Wildman–Crippen LogP) is 4.58. The molecule has 2 amide bonds. The van der Waals surface area contributed by atoms with Gasteiger partial charge in [-0.05, 0) is 63.1 Å². The molecule has 2 N–H and O–H groups in total. The maximum absolute atomic E-state index is 12.7. The zero-order chi connectivity index (χ0) is 20.0. The molecule has 2 aromatic carbocycles. The Bertz CT molecular complexity index is 821. The van der Waals surface area contributed by atoms with Crippen LogP contribution in [0, 0.1) is 6.92 Å². The molecule has 0 aromatic heterocycles. The molecule has 0 saturated heterocycles. The molecule has 144 valence electrons. The SMILES string of the molecule is CCC(Oc1ccc(Cl)c(C)c1)C(=O)Nc1ccccc1C(=O)NC(C)C. The number of benzene rings is 2. The predicted molar refractivity (Wildman–Crippen MR) is 109 cm³/mol. The van der Waals surface area contributed by atoms with Gasteiger partial charge in [0.15, 0.2) is 6.10 Å². The standard InChI is InChI=1S/C21H25ClN2O3/c1-5-19(27-15-10-11-17(22)14(4)12-15)21(26)24-18-9-7-6-8-16(18)20(25)23-13(2)3/h6-13,19H,5H2,1-4H3,(H,23,25)(H,24,26). The van der Waals surface area contributed by atoms with Crippen LogP contribution in [0.3, 0.4) is 0 Å². The molecule has 0 saturated carbocycles. The van der Waals surface area contributed by atoms with Gasteiger partial charge in [0.25, 0.3) is 11.8 Å². The minimum atomic E-state index is -0.688. The van der Waals surface area contributed by atoms with Gasteiger partial charge < -0.3 is 15.4 Å². The van der Waals surface area contributed by atoms with Crippen LogP contribution in [0.4, 0.5) is 5.69 Å². The van der Waals surface area contributed by atoms with Crippen molar-refractivity contribution in [1.82, 2.24) is 5.32 Å². The van der Waals surface area contributed by atoms with E-state index in [2.05, 4.69) is 10.6 Å². The summed E-state index contributed by atoms with van der Waals surface area (Å²) in [4.78, 5) is 25.1. The number of para-hydroxylation sites is 1. The number of nitrogens with one attached hydrogen (secondary N) is 2. The third-order valence-electron chi connectivity index (χ3n) is 3.92. The molecule has 2 rings (SSSR count). The monoisotopic (exact) mass is 388 g/mol. The lowest BCUT2D eigenvalue weighted by Crippen LogP contribution is -2.34. The first-order valence-corrected chi connectivity index (χ1v) is 9.33. The Morgan fingerprint density at radius 3 is 2.48 bits per heavy atom. The van der Waals surface area contributed by atoms with E-state index in [1.807, 2.05) is 27.7 Å². The molecule has 0 radical (unpaired) electrons. The summed E-state index contributed by atoms with van der Waals surface area (Å²) < 4.78 is 5.83. The molecule has 27 heavy (non-hydrogen) atoms. The smallest absolute Gasteiger partial charge is 0.265 e. The van der Waals surface area contributed by atoms with E-state index in [1.54, 1.807) is 42.5 Å². The van der Waals surface area contributed by atoms with Crippen LogP contribution < -0.4 is 15.4 Å². The number of anilines is 1. The Kier molecular flexibility index (Phi) is 7.25. The summed E-state index contributed by atoms with van der Waals surface area (Å²) in [7, 11) is 0. The Hall–Kier alpha value is -2.53. The average molecular weight is 389 g/mol. The summed E-state index contributed by atoms with van der Waals surface area (Å²) in [6.07, 6.45) is -0.208. The van der Waals surface area contributed by atoms with E-state index in [1.165, 1.54) is 0 Å². The number of carbonyl (C=O) groups is 2. The molecule has 0 aliphatic rings. The lowest BCUT2D eigenvalue weighted by molar-refractivity contribution is -0.122. The molecular formula is C21H25ClN2O3. The molecule has 1 unspecified atom stereocenters. The number of rotatable bonds is 7. The third-order valence-corrected chi connectivity index (χ3v) is 4.34. The van der Waals surface area contributed by atoms with Gasteiger partial charge in [-0.3, -0.25) is 9.59 Å². The second-order valence-electron chi connectivity index (χ2n) is 6.59. The van der Waals surface area contributed by atoms with Crippen LogP contribution in [0.25, 0.3) is 0 Å². The number of amides is 2. The minimum Gasteiger partial charge on any atom is -0.481 e. The van der Waals surface area contributed by atoms with E-state index in [9.17, 15) is 9.59 Å². The highest BCUT2D eigenvalue weighted by Gasteiger charge is 2.21. The van der Waals surface area contributed by atoms with Gasteiger partial charge in [0.1, 0.15) is 5.75 Å². The van der Waals surface area contributed by atoms with Crippen molar-refractivity contribution in [3.05, 3.63) is 58.6 Å². The molecule has 0 fully saturated rings. The van der Waals surface area contributed by atoms with Gasteiger partial charge in [0.05, 0.1) is 11.3 Å². The molecule has 2 aromatic rings. The van der Waals surface area contributed by atoms with E-state index < -0.39 is 6.10 Å². The van der Waals surface area contributed by atoms with Crippen LogP contribution in [-0.4, -0.2) is 24.0 Å². The molecule has 1 atom stereocenters. The van der Waals surface area contributed by atoms with Gasteiger partial charge in [-0.15, -0.1) is 0 Å². The zero-order valence-corrected chi connectivity index (χ0v) is 16.8. The van der Waals surface area contributed by atoms with Gasteiger partial charge >= 0.3 is 0 Å². The number of halogens is 1. The summed E-state index contributed by atoms with van der Waals surface area (Å²) in [5.41, 5.74) is 1.74. The second-order valence-corrected chi connectivity index (χ2v) is 7.00. The van der Waals surface area contributed by atoms with Crippen molar-refractivity contribution in [3.63, 3.8) is 0 Å². The summed E-state index contributed by atoms with van der Waals surface area (Å²) in [5.74, 6) is 0.0304. The Balaban J connectivity index is 2.15. The highest BCUT2D eigenvalue weighted by atomic mass is 35.5.